The molecule has 1 aliphatic heterocycles. The number of carboxylic acid groups (broad SMARTS) is 1. The van der Waals surface area contributed by atoms with Gasteiger partial charge in [-0.2, -0.15) is 4.31 Å². The van der Waals surface area contributed by atoms with Crippen LogP contribution < -0.4 is 0 Å². The highest BCUT2D eigenvalue weighted by molar-refractivity contribution is 7.89. The Balaban J connectivity index is 1.58. The number of rotatable bonds is 8. The van der Waals surface area contributed by atoms with E-state index in [1.165, 1.54) is 10.4 Å². The molecule has 4 rings (SSSR count). The standard InChI is InChI=1S/C25H25ClN2O4S/c26-20-11-4-10-19(17-20)24-21(25(29)30)13-14-22(27-24)23-12-5-15-28(23)33(31,32)16-6-9-18-7-2-1-3-8-18/h1-4,7-8,10-11,13-14,17,23H,5-6,9,12,15-16H2,(H,29,30). The molecule has 3 aromatic rings. The van der Waals surface area contributed by atoms with E-state index in [2.05, 4.69) is 4.98 Å². The highest BCUT2D eigenvalue weighted by Gasteiger charge is 2.36. The summed E-state index contributed by atoms with van der Waals surface area (Å²) in [6, 6.07) is 19.4. The second-order valence-corrected chi connectivity index (χ2v) is 10.6. The summed E-state index contributed by atoms with van der Waals surface area (Å²) in [7, 11) is -3.48. The van der Waals surface area contributed by atoms with Crippen LogP contribution in [0.3, 0.4) is 0 Å². The highest BCUT2D eigenvalue weighted by atomic mass is 35.5. The van der Waals surface area contributed by atoms with E-state index in [4.69, 9.17) is 11.6 Å². The Morgan fingerprint density at radius 3 is 2.61 bits per heavy atom. The van der Waals surface area contributed by atoms with Crippen LogP contribution in [0.2, 0.25) is 5.02 Å². The maximum atomic E-state index is 13.2. The van der Waals surface area contributed by atoms with Crippen molar-refractivity contribution < 1.29 is 18.3 Å². The lowest BCUT2D eigenvalue weighted by Crippen LogP contribution is -2.33. The zero-order valence-electron chi connectivity index (χ0n) is 18.0. The Bertz CT molecular complexity index is 1250. The molecule has 6 nitrogen and oxygen atoms in total. The van der Waals surface area contributed by atoms with E-state index in [1.807, 2.05) is 30.3 Å². The van der Waals surface area contributed by atoms with Crippen molar-refractivity contribution in [2.45, 2.75) is 31.7 Å². The lowest BCUT2D eigenvalue weighted by Gasteiger charge is -2.24. The number of pyridine rings is 1. The van der Waals surface area contributed by atoms with Crippen molar-refractivity contribution in [1.82, 2.24) is 9.29 Å². The summed E-state index contributed by atoms with van der Waals surface area (Å²) in [5, 5.41) is 10.1. The SMILES string of the molecule is O=C(O)c1ccc(C2CCCN2S(=O)(=O)CCCc2ccccc2)nc1-c1cccc(Cl)c1. The molecule has 1 aliphatic rings. The molecule has 1 N–H and O–H groups in total. The van der Waals surface area contributed by atoms with Crippen molar-refractivity contribution in [2.24, 2.45) is 0 Å². The van der Waals surface area contributed by atoms with Crippen molar-refractivity contribution in [3.63, 3.8) is 0 Å². The molecular weight excluding hydrogens is 460 g/mol. The van der Waals surface area contributed by atoms with Gasteiger partial charge in [0.15, 0.2) is 0 Å². The van der Waals surface area contributed by atoms with E-state index in [9.17, 15) is 18.3 Å². The van der Waals surface area contributed by atoms with Crippen molar-refractivity contribution in [1.29, 1.82) is 0 Å². The van der Waals surface area contributed by atoms with Gasteiger partial charge >= 0.3 is 5.97 Å². The van der Waals surface area contributed by atoms with Crippen LogP contribution in [0.15, 0.2) is 66.7 Å². The van der Waals surface area contributed by atoms with Gasteiger partial charge in [0.05, 0.1) is 28.7 Å². The first-order valence-electron chi connectivity index (χ1n) is 10.9. The van der Waals surface area contributed by atoms with Gasteiger partial charge in [-0.15, -0.1) is 0 Å². The van der Waals surface area contributed by atoms with Crippen molar-refractivity contribution in [3.8, 4) is 11.3 Å². The van der Waals surface area contributed by atoms with Crippen molar-refractivity contribution in [2.75, 3.05) is 12.3 Å². The van der Waals surface area contributed by atoms with E-state index in [1.54, 1.807) is 30.3 Å². The Morgan fingerprint density at radius 2 is 1.88 bits per heavy atom. The largest absolute Gasteiger partial charge is 0.478 e. The monoisotopic (exact) mass is 484 g/mol. The summed E-state index contributed by atoms with van der Waals surface area (Å²) in [5.41, 5.74) is 2.59. The molecule has 0 saturated carbocycles. The first-order chi connectivity index (χ1) is 15.8. The minimum absolute atomic E-state index is 0.0521. The molecular formula is C25H25ClN2O4S. The number of hydrogen-bond acceptors (Lipinski definition) is 4. The fourth-order valence-corrected chi connectivity index (χ4v) is 6.22. The topological polar surface area (TPSA) is 87.6 Å². The quantitative estimate of drug-likeness (QED) is 0.474. The number of aromatic carboxylic acids is 1. The van der Waals surface area contributed by atoms with Gasteiger partial charge in [0.25, 0.3) is 0 Å². The van der Waals surface area contributed by atoms with Crippen LogP contribution in [0.1, 0.15) is 46.9 Å². The molecule has 1 saturated heterocycles. The van der Waals surface area contributed by atoms with Gasteiger partial charge in [-0.1, -0.05) is 54.1 Å². The molecule has 0 aliphatic carbocycles. The average molecular weight is 485 g/mol. The summed E-state index contributed by atoms with van der Waals surface area (Å²) < 4.78 is 27.9. The van der Waals surface area contributed by atoms with Gasteiger partial charge in [0, 0.05) is 17.1 Å². The van der Waals surface area contributed by atoms with Gasteiger partial charge in [-0.3, -0.25) is 4.98 Å². The van der Waals surface area contributed by atoms with Crippen LogP contribution >= 0.6 is 11.6 Å². The first kappa shape index (κ1) is 23.4. The molecule has 1 atom stereocenters. The van der Waals surface area contributed by atoms with E-state index in [-0.39, 0.29) is 17.0 Å². The molecule has 172 valence electrons. The minimum atomic E-state index is -3.48. The fourth-order valence-electron chi connectivity index (χ4n) is 4.28. The van der Waals surface area contributed by atoms with Crippen LogP contribution in [0.4, 0.5) is 0 Å². The van der Waals surface area contributed by atoms with Crippen LogP contribution in [0.5, 0.6) is 0 Å². The second kappa shape index (κ2) is 10.0. The fraction of sp³-hybridized carbons (Fsp3) is 0.280. The number of aryl methyl sites for hydroxylation is 1. The van der Waals surface area contributed by atoms with Crippen LogP contribution in [0, 0.1) is 0 Å². The molecule has 2 aromatic carbocycles. The molecule has 8 heteroatoms. The summed E-state index contributed by atoms with van der Waals surface area (Å²) in [5.74, 6) is -1.03. The third-order valence-electron chi connectivity index (χ3n) is 5.86. The molecule has 1 fully saturated rings. The summed E-state index contributed by atoms with van der Waals surface area (Å²) in [6.07, 6.45) is 2.61. The molecule has 0 spiro atoms. The number of hydrogen-bond donors (Lipinski definition) is 1. The first-order valence-corrected chi connectivity index (χ1v) is 12.9. The Hall–Kier alpha value is -2.74. The molecule has 1 unspecified atom stereocenters. The zero-order chi connectivity index (χ0) is 23.4. The number of benzene rings is 2. The summed E-state index contributed by atoms with van der Waals surface area (Å²) >= 11 is 6.11. The van der Waals surface area contributed by atoms with Crippen LogP contribution in [0.25, 0.3) is 11.3 Å². The van der Waals surface area contributed by atoms with Crippen LogP contribution in [-0.2, 0) is 16.4 Å². The zero-order valence-corrected chi connectivity index (χ0v) is 19.6. The smallest absolute Gasteiger partial charge is 0.337 e. The van der Waals surface area contributed by atoms with E-state index >= 15 is 0 Å². The van der Waals surface area contributed by atoms with Gasteiger partial charge in [0.2, 0.25) is 10.0 Å². The maximum Gasteiger partial charge on any atom is 0.337 e. The van der Waals surface area contributed by atoms with E-state index in [0.29, 0.717) is 42.1 Å². The lowest BCUT2D eigenvalue weighted by molar-refractivity contribution is 0.0697. The van der Waals surface area contributed by atoms with Gasteiger partial charge in [-0.25, -0.2) is 13.2 Å². The van der Waals surface area contributed by atoms with Crippen molar-refractivity contribution in [3.05, 3.63) is 88.6 Å². The van der Waals surface area contributed by atoms with E-state index in [0.717, 1.165) is 12.0 Å². The second-order valence-electron chi connectivity index (χ2n) is 8.12. The Morgan fingerprint density at radius 1 is 1.09 bits per heavy atom. The van der Waals surface area contributed by atoms with E-state index < -0.39 is 22.0 Å². The number of aromatic nitrogens is 1. The number of sulfonamides is 1. The molecule has 0 amide bonds. The number of halogens is 1. The predicted octanol–water partition coefficient (Wildman–Crippen LogP) is 5.20. The normalized spacial score (nSPS) is 16.7. The predicted molar refractivity (Wildman–Crippen MR) is 129 cm³/mol. The number of carboxylic acids is 1. The van der Waals surface area contributed by atoms with Gasteiger partial charge in [-0.05, 0) is 55.5 Å². The molecule has 0 bridgehead atoms. The lowest BCUT2D eigenvalue weighted by atomic mass is 10.0. The average Bonchev–Trinajstić information content (AvgIpc) is 3.30. The minimum Gasteiger partial charge on any atom is -0.478 e. The Labute approximate surface area is 198 Å². The molecule has 33 heavy (non-hydrogen) atoms. The summed E-state index contributed by atoms with van der Waals surface area (Å²) in [4.78, 5) is 16.4. The molecule has 2 heterocycles. The van der Waals surface area contributed by atoms with Gasteiger partial charge < -0.3 is 5.11 Å². The third-order valence-corrected chi connectivity index (χ3v) is 8.05. The molecule has 0 radical (unpaired) electrons. The maximum absolute atomic E-state index is 13.2. The number of nitrogens with zero attached hydrogens (tertiary/aromatic N) is 2. The third kappa shape index (κ3) is 5.43. The van der Waals surface area contributed by atoms with Gasteiger partial charge in [0.1, 0.15) is 0 Å². The van der Waals surface area contributed by atoms with Crippen LogP contribution in [-0.4, -0.2) is 41.1 Å². The number of carbonyl (C=O) groups is 1. The Kier molecular flexibility index (Phi) is 7.12. The summed E-state index contributed by atoms with van der Waals surface area (Å²) in [6.45, 7) is 0.438. The van der Waals surface area contributed by atoms with Crippen molar-refractivity contribution >= 4 is 27.6 Å². The molecule has 1 aromatic heterocycles. The highest BCUT2D eigenvalue weighted by Crippen LogP contribution is 2.35.